The number of imidazole rings is 1. The van der Waals surface area contributed by atoms with E-state index >= 15 is 0 Å². The van der Waals surface area contributed by atoms with Gasteiger partial charge in [-0.2, -0.15) is 0 Å². The molecule has 2 rings (SSSR count). The summed E-state index contributed by atoms with van der Waals surface area (Å²) >= 11 is 0. The van der Waals surface area contributed by atoms with Crippen molar-refractivity contribution >= 4 is 0 Å². The number of aromatic amines is 1. The Kier molecular flexibility index (Phi) is 1.66. The minimum Gasteiger partial charge on any atom is -0.388 e. The standard InChI is InChI=1S/C8H12N2O/c11-5-8-9-4-7(10-8)6-2-1-3-6/h4,6,11H,1-3,5H2,(H,9,10). The Morgan fingerprint density at radius 2 is 2.45 bits per heavy atom. The van der Waals surface area contributed by atoms with Crippen LogP contribution in [0, 0.1) is 0 Å². The minimum absolute atomic E-state index is 0.0206. The van der Waals surface area contributed by atoms with Gasteiger partial charge in [0.2, 0.25) is 0 Å². The maximum Gasteiger partial charge on any atom is 0.132 e. The molecule has 0 unspecified atom stereocenters. The summed E-state index contributed by atoms with van der Waals surface area (Å²) in [5.41, 5.74) is 1.19. The average Bonchev–Trinajstić information content (AvgIpc) is 2.32. The molecule has 3 nitrogen and oxygen atoms in total. The number of aliphatic hydroxyl groups excluding tert-OH is 1. The van der Waals surface area contributed by atoms with E-state index in [9.17, 15) is 0 Å². The van der Waals surface area contributed by atoms with Crippen molar-refractivity contribution in [3.05, 3.63) is 17.7 Å². The molecule has 0 radical (unpaired) electrons. The van der Waals surface area contributed by atoms with Crippen LogP contribution in [0.4, 0.5) is 0 Å². The molecule has 11 heavy (non-hydrogen) atoms. The normalized spacial score (nSPS) is 18.3. The van der Waals surface area contributed by atoms with E-state index < -0.39 is 0 Å². The van der Waals surface area contributed by atoms with Crippen LogP contribution in [0.2, 0.25) is 0 Å². The van der Waals surface area contributed by atoms with E-state index in [0.717, 1.165) is 0 Å². The lowest BCUT2D eigenvalue weighted by molar-refractivity contribution is 0.272. The summed E-state index contributed by atoms with van der Waals surface area (Å²) in [5.74, 6) is 1.37. The molecule has 0 aromatic carbocycles. The van der Waals surface area contributed by atoms with Gasteiger partial charge < -0.3 is 10.1 Å². The number of aromatic nitrogens is 2. The van der Waals surface area contributed by atoms with Crippen molar-refractivity contribution in [3.63, 3.8) is 0 Å². The molecule has 0 spiro atoms. The fraction of sp³-hybridized carbons (Fsp3) is 0.625. The van der Waals surface area contributed by atoms with Crippen LogP contribution in [0.3, 0.4) is 0 Å². The van der Waals surface area contributed by atoms with Gasteiger partial charge in [-0.05, 0) is 12.8 Å². The smallest absolute Gasteiger partial charge is 0.132 e. The zero-order valence-electron chi connectivity index (χ0n) is 6.38. The zero-order valence-corrected chi connectivity index (χ0v) is 6.38. The van der Waals surface area contributed by atoms with Gasteiger partial charge in [-0.15, -0.1) is 0 Å². The van der Waals surface area contributed by atoms with E-state index in [0.29, 0.717) is 11.7 Å². The highest BCUT2D eigenvalue weighted by Crippen LogP contribution is 2.34. The second kappa shape index (κ2) is 2.66. The molecule has 0 aliphatic heterocycles. The van der Waals surface area contributed by atoms with E-state index in [1.165, 1.54) is 25.0 Å². The van der Waals surface area contributed by atoms with Crippen LogP contribution in [0.15, 0.2) is 6.20 Å². The van der Waals surface area contributed by atoms with Gasteiger partial charge in [0.25, 0.3) is 0 Å². The number of rotatable bonds is 2. The quantitative estimate of drug-likeness (QED) is 0.668. The Balaban J connectivity index is 2.11. The number of nitrogens with one attached hydrogen (secondary N) is 1. The van der Waals surface area contributed by atoms with Crippen LogP contribution in [0.1, 0.15) is 36.7 Å². The topological polar surface area (TPSA) is 48.9 Å². The molecule has 1 aromatic rings. The second-order valence-corrected chi connectivity index (χ2v) is 3.07. The Hall–Kier alpha value is -0.830. The summed E-state index contributed by atoms with van der Waals surface area (Å²) in [4.78, 5) is 7.14. The number of hydrogen-bond donors (Lipinski definition) is 2. The van der Waals surface area contributed by atoms with Gasteiger partial charge in [0.1, 0.15) is 12.4 Å². The summed E-state index contributed by atoms with van der Waals surface area (Å²) < 4.78 is 0. The van der Waals surface area contributed by atoms with Gasteiger partial charge in [-0.25, -0.2) is 4.98 Å². The van der Waals surface area contributed by atoms with Crippen molar-refractivity contribution in [2.45, 2.75) is 31.8 Å². The molecule has 3 heteroatoms. The van der Waals surface area contributed by atoms with E-state index in [4.69, 9.17) is 5.11 Å². The van der Waals surface area contributed by atoms with Gasteiger partial charge in [0.15, 0.2) is 0 Å². The number of hydrogen-bond acceptors (Lipinski definition) is 2. The Morgan fingerprint density at radius 3 is 2.91 bits per heavy atom. The van der Waals surface area contributed by atoms with Crippen LogP contribution >= 0.6 is 0 Å². The van der Waals surface area contributed by atoms with E-state index in [1.54, 1.807) is 0 Å². The molecule has 2 N–H and O–H groups in total. The van der Waals surface area contributed by atoms with Crippen molar-refractivity contribution < 1.29 is 5.11 Å². The number of aliphatic hydroxyl groups is 1. The molecule has 1 heterocycles. The predicted molar refractivity (Wildman–Crippen MR) is 41.1 cm³/mol. The third-order valence-electron chi connectivity index (χ3n) is 2.34. The Labute approximate surface area is 65.5 Å². The van der Waals surface area contributed by atoms with Gasteiger partial charge in [-0.3, -0.25) is 0 Å². The Bertz CT molecular complexity index is 240. The third-order valence-corrected chi connectivity index (χ3v) is 2.34. The maximum atomic E-state index is 8.73. The van der Waals surface area contributed by atoms with E-state index in [2.05, 4.69) is 9.97 Å². The van der Waals surface area contributed by atoms with Gasteiger partial charge >= 0.3 is 0 Å². The van der Waals surface area contributed by atoms with Crippen LogP contribution in [0.5, 0.6) is 0 Å². The van der Waals surface area contributed by atoms with Gasteiger partial charge in [0, 0.05) is 17.8 Å². The SMILES string of the molecule is OCc1ncc(C2CCC2)[nH]1. The molecular weight excluding hydrogens is 140 g/mol. The molecule has 0 atom stereocenters. The fourth-order valence-electron chi connectivity index (χ4n) is 1.39. The molecule has 1 saturated carbocycles. The number of nitrogens with zero attached hydrogens (tertiary/aromatic N) is 1. The molecule has 0 bridgehead atoms. The van der Waals surface area contributed by atoms with Gasteiger partial charge in [-0.1, -0.05) is 6.42 Å². The van der Waals surface area contributed by atoms with Crippen molar-refractivity contribution in [1.29, 1.82) is 0 Å². The second-order valence-electron chi connectivity index (χ2n) is 3.07. The van der Waals surface area contributed by atoms with Crippen LogP contribution in [-0.4, -0.2) is 15.1 Å². The van der Waals surface area contributed by atoms with E-state index in [-0.39, 0.29) is 6.61 Å². The first kappa shape index (κ1) is 6.85. The van der Waals surface area contributed by atoms with Crippen molar-refractivity contribution in [2.24, 2.45) is 0 Å². The van der Waals surface area contributed by atoms with Gasteiger partial charge in [0.05, 0.1) is 0 Å². The third kappa shape index (κ3) is 1.16. The minimum atomic E-state index is 0.0206. The fourth-order valence-corrected chi connectivity index (χ4v) is 1.39. The van der Waals surface area contributed by atoms with Crippen molar-refractivity contribution in [3.8, 4) is 0 Å². The highest BCUT2D eigenvalue weighted by Gasteiger charge is 2.20. The van der Waals surface area contributed by atoms with Crippen LogP contribution < -0.4 is 0 Å². The molecule has 0 saturated heterocycles. The van der Waals surface area contributed by atoms with Crippen molar-refractivity contribution in [2.75, 3.05) is 0 Å². The first-order valence-electron chi connectivity index (χ1n) is 4.05. The molecule has 1 aromatic heterocycles. The lowest BCUT2D eigenvalue weighted by Crippen LogP contribution is -2.08. The Morgan fingerprint density at radius 1 is 1.64 bits per heavy atom. The van der Waals surface area contributed by atoms with Crippen molar-refractivity contribution in [1.82, 2.24) is 9.97 Å². The summed E-state index contributed by atoms with van der Waals surface area (Å²) in [7, 11) is 0. The number of H-pyrrole nitrogens is 1. The zero-order chi connectivity index (χ0) is 7.68. The van der Waals surface area contributed by atoms with E-state index in [1.807, 2.05) is 6.20 Å². The highest BCUT2D eigenvalue weighted by atomic mass is 16.3. The average molecular weight is 152 g/mol. The maximum absolute atomic E-state index is 8.73. The highest BCUT2D eigenvalue weighted by molar-refractivity contribution is 5.09. The molecular formula is C8H12N2O. The lowest BCUT2D eigenvalue weighted by Gasteiger charge is -2.23. The lowest BCUT2D eigenvalue weighted by atomic mass is 9.83. The molecule has 1 aliphatic carbocycles. The summed E-state index contributed by atoms with van der Waals surface area (Å²) in [6.07, 6.45) is 5.72. The largest absolute Gasteiger partial charge is 0.388 e. The summed E-state index contributed by atoms with van der Waals surface area (Å²) in [6.45, 7) is 0.0206. The monoisotopic (exact) mass is 152 g/mol. The molecule has 1 fully saturated rings. The first-order chi connectivity index (χ1) is 5.40. The molecule has 1 aliphatic rings. The van der Waals surface area contributed by atoms with Crippen LogP contribution in [-0.2, 0) is 6.61 Å². The molecule has 0 amide bonds. The molecule has 60 valence electrons. The van der Waals surface area contributed by atoms with Crippen LogP contribution in [0.25, 0.3) is 0 Å². The predicted octanol–water partition coefficient (Wildman–Crippen LogP) is 1.17. The summed E-state index contributed by atoms with van der Waals surface area (Å²) in [6, 6.07) is 0. The summed E-state index contributed by atoms with van der Waals surface area (Å²) in [5, 5.41) is 8.73. The first-order valence-corrected chi connectivity index (χ1v) is 4.05.